The van der Waals surface area contributed by atoms with Crippen molar-refractivity contribution in [2.45, 2.75) is 31.5 Å². The number of benzene rings is 4. The molecule has 0 saturated carbocycles. The lowest BCUT2D eigenvalue weighted by Crippen LogP contribution is -2.48. The van der Waals surface area contributed by atoms with Crippen LogP contribution in [0.3, 0.4) is 0 Å². The Morgan fingerprint density at radius 1 is 0.805 bits per heavy atom. The molecule has 1 N–H and O–H groups in total. The van der Waals surface area contributed by atoms with Crippen LogP contribution in [-0.2, 0) is 20.9 Å². The lowest BCUT2D eigenvalue weighted by atomic mass is 9.80. The van der Waals surface area contributed by atoms with Gasteiger partial charge in [-0.3, -0.25) is 14.4 Å². The third-order valence-corrected chi connectivity index (χ3v) is 8.35. The van der Waals surface area contributed by atoms with Crippen LogP contribution in [0.15, 0.2) is 114 Å². The molecule has 41 heavy (non-hydrogen) atoms. The van der Waals surface area contributed by atoms with E-state index in [0.29, 0.717) is 10.0 Å². The van der Waals surface area contributed by atoms with Crippen molar-refractivity contribution < 1.29 is 19.1 Å². The average Bonchev–Trinajstić information content (AvgIpc) is 3.37. The Kier molecular flexibility index (Phi) is 8.64. The molecule has 208 valence electrons. The summed E-state index contributed by atoms with van der Waals surface area (Å²) in [5.41, 5.74) is 3.99. The highest BCUT2D eigenvalue weighted by molar-refractivity contribution is 9.10. The smallest absolute Gasteiger partial charge is 0.311 e. The summed E-state index contributed by atoms with van der Waals surface area (Å²) < 4.78 is 5.95. The Bertz CT molecular complexity index is 1530. The Balaban J connectivity index is 1.68. The van der Waals surface area contributed by atoms with Gasteiger partial charge in [-0.1, -0.05) is 103 Å². The summed E-state index contributed by atoms with van der Waals surface area (Å²) >= 11 is 3.52. The molecule has 7 heteroatoms. The minimum Gasteiger partial charge on any atom is -0.469 e. The molecule has 0 aromatic heterocycles. The lowest BCUT2D eigenvalue weighted by Gasteiger charge is -2.32. The highest BCUT2D eigenvalue weighted by Gasteiger charge is 2.58. The molecule has 2 amide bonds. The molecule has 1 saturated heterocycles. The van der Waals surface area contributed by atoms with Crippen LogP contribution in [0.1, 0.15) is 44.6 Å². The van der Waals surface area contributed by atoms with Crippen LogP contribution in [0.2, 0.25) is 0 Å². The number of methoxy groups -OCH3 is 1. The molecule has 1 heterocycles. The molecule has 1 fully saturated rings. The zero-order chi connectivity index (χ0) is 28.9. The molecule has 0 spiro atoms. The molecule has 0 aliphatic carbocycles. The van der Waals surface area contributed by atoms with Gasteiger partial charge in [-0.25, -0.2) is 0 Å². The van der Waals surface area contributed by atoms with E-state index in [1.807, 2.05) is 97.9 Å². The first-order chi connectivity index (χ1) is 19.9. The Labute approximate surface area is 248 Å². The summed E-state index contributed by atoms with van der Waals surface area (Å²) in [5.74, 6) is -2.66. The van der Waals surface area contributed by atoms with E-state index in [4.69, 9.17) is 4.74 Å². The van der Waals surface area contributed by atoms with E-state index < -0.39 is 29.9 Å². The van der Waals surface area contributed by atoms with Crippen molar-refractivity contribution >= 4 is 33.7 Å². The van der Waals surface area contributed by atoms with E-state index in [-0.39, 0.29) is 18.4 Å². The van der Waals surface area contributed by atoms with Crippen molar-refractivity contribution in [2.75, 3.05) is 7.11 Å². The second-order valence-electron chi connectivity index (χ2n) is 10.2. The standard InChI is InChI=1S/C34H31BrN2O4/c1-22-17-19-23(20-18-22)21-36-32(38)31-28(24-11-5-3-6-12-24)29(34(40)41-2)30(25-13-7-4-8-14-25)37(31)33(39)26-15-9-10-16-27(26)35/h3-20,28-31H,21H2,1-2H3,(H,36,38). The fourth-order valence-corrected chi connectivity index (χ4v) is 6.18. The van der Waals surface area contributed by atoms with Crippen molar-refractivity contribution in [1.29, 1.82) is 0 Å². The summed E-state index contributed by atoms with van der Waals surface area (Å²) in [6.07, 6.45) is 0. The predicted octanol–water partition coefficient (Wildman–Crippen LogP) is 6.21. The van der Waals surface area contributed by atoms with E-state index in [2.05, 4.69) is 21.2 Å². The number of carbonyl (C=O) groups excluding carboxylic acids is 3. The van der Waals surface area contributed by atoms with Gasteiger partial charge in [0.2, 0.25) is 5.91 Å². The van der Waals surface area contributed by atoms with Gasteiger partial charge in [0.05, 0.1) is 24.6 Å². The van der Waals surface area contributed by atoms with Crippen LogP contribution in [0, 0.1) is 12.8 Å². The highest BCUT2D eigenvalue weighted by atomic mass is 79.9. The second-order valence-corrected chi connectivity index (χ2v) is 11.0. The molecule has 1 aliphatic heterocycles. The summed E-state index contributed by atoms with van der Waals surface area (Å²) in [6.45, 7) is 2.29. The molecule has 0 radical (unpaired) electrons. The Morgan fingerprint density at radius 3 is 2.00 bits per heavy atom. The molecule has 4 unspecified atom stereocenters. The number of hydrogen-bond donors (Lipinski definition) is 1. The van der Waals surface area contributed by atoms with E-state index in [9.17, 15) is 14.4 Å². The Morgan fingerprint density at radius 2 is 1.39 bits per heavy atom. The molecular weight excluding hydrogens is 580 g/mol. The van der Waals surface area contributed by atoms with Crippen molar-refractivity contribution in [3.05, 3.63) is 141 Å². The molecule has 4 atom stereocenters. The molecule has 6 nitrogen and oxygen atoms in total. The number of amides is 2. The van der Waals surface area contributed by atoms with Crippen LogP contribution < -0.4 is 5.32 Å². The number of carbonyl (C=O) groups is 3. The van der Waals surface area contributed by atoms with Gasteiger partial charge in [0.15, 0.2) is 0 Å². The normalized spacial score (nSPS) is 19.9. The van der Waals surface area contributed by atoms with Gasteiger partial charge in [0, 0.05) is 16.9 Å². The molecule has 4 aromatic rings. The van der Waals surface area contributed by atoms with Gasteiger partial charge in [0.1, 0.15) is 6.04 Å². The van der Waals surface area contributed by atoms with Crippen LogP contribution in [-0.4, -0.2) is 35.8 Å². The van der Waals surface area contributed by atoms with Gasteiger partial charge < -0.3 is 15.0 Å². The number of ether oxygens (including phenoxy) is 1. The van der Waals surface area contributed by atoms with E-state index >= 15 is 0 Å². The predicted molar refractivity (Wildman–Crippen MR) is 161 cm³/mol. The molecule has 5 rings (SSSR count). The molecule has 1 aliphatic rings. The number of aryl methyl sites for hydroxylation is 1. The number of nitrogens with zero attached hydrogens (tertiary/aromatic N) is 1. The van der Waals surface area contributed by atoms with E-state index in [1.165, 1.54) is 7.11 Å². The largest absolute Gasteiger partial charge is 0.469 e. The summed E-state index contributed by atoms with van der Waals surface area (Å²) in [6, 6.07) is 32.1. The van der Waals surface area contributed by atoms with Gasteiger partial charge in [-0.15, -0.1) is 0 Å². The van der Waals surface area contributed by atoms with Crippen LogP contribution in [0.25, 0.3) is 0 Å². The van der Waals surface area contributed by atoms with Crippen molar-refractivity contribution in [3.8, 4) is 0 Å². The Hall–Kier alpha value is -4.23. The van der Waals surface area contributed by atoms with E-state index in [0.717, 1.165) is 22.3 Å². The maximum Gasteiger partial charge on any atom is 0.311 e. The topological polar surface area (TPSA) is 75.7 Å². The van der Waals surface area contributed by atoms with E-state index in [1.54, 1.807) is 23.1 Å². The number of likely N-dealkylation sites (tertiary alicyclic amines) is 1. The number of esters is 1. The number of halogens is 1. The van der Waals surface area contributed by atoms with Crippen LogP contribution in [0.5, 0.6) is 0 Å². The van der Waals surface area contributed by atoms with Gasteiger partial charge in [-0.2, -0.15) is 0 Å². The number of hydrogen-bond acceptors (Lipinski definition) is 4. The fourth-order valence-electron chi connectivity index (χ4n) is 5.72. The van der Waals surface area contributed by atoms with Gasteiger partial charge in [-0.05, 0) is 51.7 Å². The van der Waals surface area contributed by atoms with Crippen molar-refractivity contribution in [2.24, 2.45) is 5.92 Å². The first kappa shape index (κ1) is 28.3. The first-order valence-corrected chi connectivity index (χ1v) is 14.3. The zero-order valence-corrected chi connectivity index (χ0v) is 24.5. The second kappa shape index (κ2) is 12.5. The molecule has 4 aromatic carbocycles. The van der Waals surface area contributed by atoms with Crippen LogP contribution in [0.4, 0.5) is 0 Å². The van der Waals surface area contributed by atoms with Crippen molar-refractivity contribution in [3.63, 3.8) is 0 Å². The summed E-state index contributed by atoms with van der Waals surface area (Å²) in [5, 5.41) is 3.06. The lowest BCUT2D eigenvalue weighted by molar-refractivity contribution is -0.146. The number of rotatable bonds is 7. The third-order valence-electron chi connectivity index (χ3n) is 7.66. The maximum absolute atomic E-state index is 14.5. The highest BCUT2D eigenvalue weighted by Crippen LogP contribution is 2.51. The quantitative estimate of drug-likeness (QED) is 0.252. The summed E-state index contributed by atoms with van der Waals surface area (Å²) in [7, 11) is 1.34. The third kappa shape index (κ3) is 5.81. The fraction of sp³-hybridized carbons (Fsp3) is 0.206. The first-order valence-electron chi connectivity index (χ1n) is 13.5. The summed E-state index contributed by atoms with van der Waals surface area (Å²) in [4.78, 5) is 44.0. The minimum atomic E-state index is -0.989. The zero-order valence-electron chi connectivity index (χ0n) is 22.9. The minimum absolute atomic E-state index is 0.285. The van der Waals surface area contributed by atoms with Crippen LogP contribution >= 0.6 is 15.9 Å². The maximum atomic E-state index is 14.5. The monoisotopic (exact) mass is 610 g/mol. The number of nitrogens with one attached hydrogen (secondary N) is 1. The molecular formula is C34H31BrN2O4. The van der Waals surface area contributed by atoms with Gasteiger partial charge in [0.25, 0.3) is 5.91 Å². The van der Waals surface area contributed by atoms with Gasteiger partial charge >= 0.3 is 5.97 Å². The van der Waals surface area contributed by atoms with Crippen molar-refractivity contribution in [1.82, 2.24) is 10.2 Å². The molecule has 0 bridgehead atoms. The average molecular weight is 612 g/mol. The SMILES string of the molecule is COC(=O)C1C(c2ccccc2)C(C(=O)NCc2ccc(C)cc2)N(C(=O)c2ccccc2Br)C1c1ccccc1.